The van der Waals surface area contributed by atoms with Gasteiger partial charge in [-0.1, -0.05) is 13.3 Å². The van der Waals surface area contributed by atoms with Gasteiger partial charge in [-0.15, -0.1) is 0 Å². The van der Waals surface area contributed by atoms with Crippen molar-refractivity contribution in [3.63, 3.8) is 0 Å². The maximum atomic E-state index is 8.95. The number of unbranched alkanes of at least 4 members (excludes halogenated alkanes) is 1. The van der Waals surface area contributed by atoms with Crippen LogP contribution in [0.1, 0.15) is 33.6 Å². The second kappa shape index (κ2) is 8.48. The maximum Gasteiger partial charge on any atom is 0.0781 e. The van der Waals surface area contributed by atoms with Gasteiger partial charge < -0.3 is 14.6 Å². The number of aliphatic hydroxyl groups excluding tert-OH is 1. The standard InChI is InChI=1S/C10H22O3/c1-4-5-6-12-8-10(3)13-7-9(2)11/h9-11H,4-8H2,1-3H3/t9-,10-/m1/s1. The summed E-state index contributed by atoms with van der Waals surface area (Å²) in [5.41, 5.74) is 0. The molecule has 0 radical (unpaired) electrons. The minimum Gasteiger partial charge on any atom is -0.391 e. The summed E-state index contributed by atoms with van der Waals surface area (Å²) in [4.78, 5) is 0. The van der Waals surface area contributed by atoms with Crippen LogP contribution >= 0.6 is 0 Å². The first-order chi connectivity index (χ1) is 6.16. The lowest BCUT2D eigenvalue weighted by Crippen LogP contribution is -2.21. The Hall–Kier alpha value is -0.120. The zero-order chi connectivity index (χ0) is 10.1. The van der Waals surface area contributed by atoms with Gasteiger partial charge in [-0.05, 0) is 20.3 Å². The van der Waals surface area contributed by atoms with Crippen molar-refractivity contribution >= 4 is 0 Å². The van der Waals surface area contributed by atoms with E-state index in [1.807, 2.05) is 6.92 Å². The van der Waals surface area contributed by atoms with E-state index in [4.69, 9.17) is 14.6 Å². The fourth-order valence-electron chi connectivity index (χ4n) is 0.847. The Morgan fingerprint density at radius 2 is 1.92 bits per heavy atom. The summed E-state index contributed by atoms with van der Waals surface area (Å²) in [6, 6.07) is 0. The molecule has 0 rings (SSSR count). The molecule has 0 aromatic carbocycles. The van der Waals surface area contributed by atoms with Gasteiger partial charge >= 0.3 is 0 Å². The van der Waals surface area contributed by atoms with Crippen LogP contribution in [0.3, 0.4) is 0 Å². The van der Waals surface area contributed by atoms with Crippen LogP contribution in [0.25, 0.3) is 0 Å². The van der Waals surface area contributed by atoms with Crippen LogP contribution in [0.5, 0.6) is 0 Å². The molecule has 0 spiro atoms. The highest BCUT2D eigenvalue weighted by Crippen LogP contribution is 1.95. The first kappa shape index (κ1) is 12.9. The fourth-order valence-corrected chi connectivity index (χ4v) is 0.847. The van der Waals surface area contributed by atoms with Crippen LogP contribution < -0.4 is 0 Å². The molecule has 0 amide bonds. The molecule has 13 heavy (non-hydrogen) atoms. The lowest BCUT2D eigenvalue weighted by atomic mass is 10.3. The molecule has 80 valence electrons. The summed E-state index contributed by atoms with van der Waals surface area (Å²) in [6.45, 7) is 7.61. The molecule has 0 aliphatic carbocycles. The van der Waals surface area contributed by atoms with Crippen LogP contribution in [0, 0.1) is 0 Å². The summed E-state index contributed by atoms with van der Waals surface area (Å²) in [5.74, 6) is 0. The van der Waals surface area contributed by atoms with Crippen LogP contribution in [-0.2, 0) is 9.47 Å². The Morgan fingerprint density at radius 1 is 1.23 bits per heavy atom. The molecule has 0 aliphatic rings. The summed E-state index contributed by atoms with van der Waals surface area (Å²) in [5, 5.41) is 8.95. The van der Waals surface area contributed by atoms with Gasteiger partial charge in [-0.3, -0.25) is 0 Å². The van der Waals surface area contributed by atoms with Crippen molar-refractivity contribution in [2.45, 2.75) is 45.8 Å². The first-order valence-corrected chi connectivity index (χ1v) is 5.04. The van der Waals surface area contributed by atoms with Gasteiger partial charge in [0.15, 0.2) is 0 Å². The zero-order valence-corrected chi connectivity index (χ0v) is 8.95. The van der Waals surface area contributed by atoms with Crippen LogP contribution in [-0.4, -0.2) is 37.1 Å². The van der Waals surface area contributed by atoms with E-state index in [0.717, 1.165) is 19.4 Å². The minimum absolute atomic E-state index is 0.0754. The second-order valence-electron chi connectivity index (χ2n) is 3.42. The highest BCUT2D eigenvalue weighted by molar-refractivity contribution is 4.50. The van der Waals surface area contributed by atoms with Crippen molar-refractivity contribution in [3.8, 4) is 0 Å². The summed E-state index contributed by atoms with van der Waals surface area (Å²) in [7, 11) is 0. The molecular weight excluding hydrogens is 168 g/mol. The molecule has 3 nitrogen and oxygen atoms in total. The molecule has 0 aromatic heterocycles. The number of aliphatic hydroxyl groups is 1. The van der Waals surface area contributed by atoms with Crippen LogP contribution in [0.4, 0.5) is 0 Å². The van der Waals surface area contributed by atoms with Gasteiger partial charge in [0.05, 0.1) is 25.4 Å². The summed E-state index contributed by atoms with van der Waals surface area (Å²) >= 11 is 0. The molecule has 0 saturated carbocycles. The third kappa shape index (κ3) is 9.80. The minimum atomic E-state index is -0.391. The van der Waals surface area contributed by atoms with Gasteiger partial charge in [0.2, 0.25) is 0 Å². The normalized spacial score (nSPS) is 15.7. The van der Waals surface area contributed by atoms with Gasteiger partial charge in [-0.2, -0.15) is 0 Å². The smallest absolute Gasteiger partial charge is 0.0781 e. The van der Waals surface area contributed by atoms with E-state index < -0.39 is 6.10 Å². The molecule has 0 fully saturated rings. The highest BCUT2D eigenvalue weighted by atomic mass is 16.5. The predicted molar refractivity (Wildman–Crippen MR) is 52.8 cm³/mol. The van der Waals surface area contributed by atoms with Gasteiger partial charge in [0, 0.05) is 6.61 Å². The number of hydrogen-bond donors (Lipinski definition) is 1. The van der Waals surface area contributed by atoms with E-state index in [9.17, 15) is 0 Å². The van der Waals surface area contributed by atoms with Gasteiger partial charge in [-0.25, -0.2) is 0 Å². The third-order valence-electron chi connectivity index (χ3n) is 1.62. The Labute approximate surface area is 81.0 Å². The molecule has 0 unspecified atom stereocenters. The molecule has 0 heterocycles. The van der Waals surface area contributed by atoms with Crippen molar-refractivity contribution in [1.29, 1.82) is 0 Å². The molecule has 0 saturated heterocycles. The number of ether oxygens (including phenoxy) is 2. The predicted octanol–water partition coefficient (Wildman–Crippen LogP) is 1.59. The van der Waals surface area contributed by atoms with Crippen molar-refractivity contribution < 1.29 is 14.6 Å². The van der Waals surface area contributed by atoms with Gasteiger partial charge in [0.1, 0.15) is 0 Å². The topological polar surface area (TPSA) is 38.7 Å². The lowest BCUT2D eigenvalue weighted by molar-refractivity contribution is -0.0367. The third-order valence-corrected chi connectivity index (χ3v) is 1.62. The lowest BCUT2D eigenvalue weighted by Gasteiger charge is -2.14. The fraction of sp³-hybridized carbons (Fsp3) is 1.00. The van der Waals surface area contributed by atoms with E-state index in [-0.39, 0.29) is 6.10 Å². The van der Waals surface area contributed by atoms with Crippen LogP contribution in [0.2, 0.25) is 0 Å². The average Bonchev–Trinajstić information content (AvgIpc) is 2.09. The highest BCUT2D eigenvalue weighted by Gasteiger charge is 2.03. The quantitative estimate of drug-likeness (QED) is 0.591. The number of rotatable bonds is 8. The van der Waals surface area contributed by atoms with Crippen molar-refractivity contribution in [2.24, 2.45) is 0 Å². The Balaban J connectivity index is 3.15. The maximum absolute atomic E-state index is 8.95. The molecule has 0 bridgehead atoms. The molecular formula is C10H22O3. The molecule has 1 N–H and O–H groups in total. The monoisotopic (exact) mass is 190 g/mol. The Morgan fingerprint density at radius 3 is 2.46 bits per heavy atom. The van der Waals surface area contributed by atoms with E-state index in [2.05, 4.69) is 6.92 Å². The van der Waals surface area contributed by atoms with E-state index >= 15 is 0 Å². The van der Waals surface area contributed by atoms with Crippen molar-refractivity contribution in [3.05, 3.63) is 0 Å². The molecule has 2 atom stereocenters. The Kier molecular flexibility index (Phi) is 8.40. The zero-order valence-electron chi connectivity index (χ0n) is 8.95. The van der Waals surface area contributed by atoms with Crippen LogP contribution in [0.15, 0.2) is 0 Å². The largest absolute Gasteiger partial charge is 0.391 e. The second-order valence-corrected chi connectivity index (χ2v) is 3.42. The van der Waals surface area contributed by atoms with E-state index in [1.165, 1.54) is 0 Å². The summed E-state index contributed by atoms with van der Waals surface area (Å²) < 4.78 is 10.7. The Bertz CT molecular complexity index is 104. The van der Waals surface area contributed by atoms with Crippen molar-refractivity contribution in [2.75, 3.05) is 19.8 Å². The van der Waals surface area contributed by atoms with Gasteiger partial charge in [0.25, 0.3) is 0 Å². The molecule has 0 aromatic rings. The molecule has 0 aliphatic heterocycles. The number of hydrogen-bond acceptors (Lipinski definition) is 3. The first-order valence-electron chi connectivity index (χ1n) is 5.04. The average molecular weight is 190 g/mol. The van der Waals surface area contributed by atoms with E-state index in [0.29, 0.717) is 13.2 Å². The van der Waals surface area contributed by atoms with Crippen molar-refractivity contribution in [1.82, 2.24) is 0 Å². The van der Waals surface area contributed by atoms with E-state index in [1.54, 1.807) is 6.92 Å². The summed E-state index contributed by atoms with van der Waals surface area (Å²) in [6.07, 6.45) is 1.94. The SMILES string of the molecule is CCCCOC[C@@H](C)OC[C@@H](C)O. The molecule has 3 heteroatoms.